The number of rotatable bonds is 42. The first-order valence-electron chi connectivity index (χ1n) is 23.4. The first-order valence-corrected chi connectivity index (χ1v) is 23.4. The molecule has 0 radical (unpaired) electrons. The molecule has 0 spiro atoms. The minimum absolute atomic E-state index is 0.0644. The maximum absolute atomic E-state index is 12.7. The molecule has 1 atom stereocenters. The molecule has 0 amide bonds. The minimum Gasteiger partial charge on any atom is -0.462 e. The van der Waals surface area contributed by atoms with Gasteiger partial charge in [-0.25, -0.2) is 0 Å². The molecular formula is C47H90O6. The SMILES string of the molecule is CCCCCCCCCCCCCCCCCCCC(=O)OC[C@@H](COC(=O)CCCCCCCCC)OC(=O)CCCCCCCCCCC(C)C. The van der Waals surface area contributed by atoms with Crippen molar-refractivity contribution in [3.63, 3.8) is 0 Å². The Balaban J connectivity index is 4.20. The maximum atomic E-state index is 12.7. The van der Waals surface area contributed by atoms with Crippen molar-refractivity contribution in [2.24, 2.45) is 5.92 Å². The van der Waals surface area contributed by atoms with E-state index in [2.05, 4.69) is 27.7 Å². The molecule has 314 valence electrons. The van der Waals surface area contributed by atoms with Gasteiger partial charge < -0.3 is 14.2 Å². The molecule has 53 heavy (non-hydrogen) atoms. The number of unbranched alkanes of at least 4 members (excludes halogenated alkanes) is 29. The lowest BCUT2D eigenvalue weighted by atomic mass is 10.0. The van der Waals surface area contributed by atoms with Crippen molar-refractivity contribution >= 4 is 17.9 Å². The van der Waals surface area contributed by atoms with Gasteiger partial charge in [-0.2, -0.15) is 0 Å². The van der Waals surface area contributed by atoms with Crippen molar-refractivity contribution in [3.05, 3.63) is 0 Å². The van der Waals surface area contributed by atoms with Crippen LogP contribution in [-0.2, 0) is 28.6 Å². The van der Waals surface area contributed by atoms with Crippen molar-refractivity contribution in [2.75, 3.05) is 13.2 Å². The summed E-state index contributed by atoms with van der Waals surface area (Å²) < 4.78 is 16.7. The number of carbonyl (C=O) groups excluding carboxylic acids is 3. The van der Waals surface area contributed by atoms with Gasteiger partial charge in [0, 0.05) is 19.3 Å². The Kier molecular flexibility index (Phi) is 40.3. The third-order valence-corrected chi connectivity index (χ3v) is 10.5. The lowest BCUT2D eigenvalue weighted by molar-refractivity contribution is -0.167. The predicted molar refractivity (Wildman–Crippen MR) is 224 cm³/mol. The van der Waals surface area contributed by atoms with Crippen molar-refractivity contribution < 1.29 is 28.6 Å². The second-order valence-corrected chi connectivity index (χ2v) is 16.5. The van der Waals surface area contributed by atoms with Crippen molar-refractivity contribution in [2.45, 2.75) is 265 Å². The Labute approximate surface area is 329 Å². The number of carbonyl (C=O) groups is 3. The average molecular weight is 751 g/mol. The highest BCUT2D eigenvalue weighted by molar-refractivity contribution is 5.71. The molecule has 0 bridgehead atoms. The van der Waals surface area contributed by atoms with Crippen molar-refractivity contribution in [1.29, 1.82) is 0 Å². The Morgan fingerprint density at radius 3 is 0.925 bits per heavy atom. The fraction of sp³-hybridized carbons (Fsp3) is 0.936. The molecule has 0 heterocycles. The van der Waals surface area contributed by atoms with E-state index in [-0.39, 0.29) is 31.1 Å². The molecule has 0 aromatic heterocycles. The topological polar surface area (TPSA) is 78.9 Å². The third kappa shape index (κ3) is 41.4. The lowest BCUT2D eigenvalue weighted by Gasteiger charge is -2.18. The average Bonchev–Trinajstić information content (AvgIpc) is 3.14. The summed E-state index contributed by atoms with van der Waals surface area (Å²) in [6.07, 6.45) is 41.1. The van der Waals surface area contributed by atoms with Crippen molar-refractivity contribution in [3.8, 4) is 0 Å². The zero-order valence-electron chi connectivity index (χ0n) is 36.0. The number of hydrogen-bond donors (Lipinski definition) is 0. The van der Waals surface area contributed by atoms with Gasteiger partial charge >= 0.3 is 17.9 Å². The molecule has 0 aliphatic carbocycles. The zero-order valence-corrected chi connectivity index (χ0v) is 36.0. The first kappa shape index (κ1) is 51.4. The highest BCUT2D eigenvalue weighted by Crippen LogP contribution is 2.16. The summed E-state index contributed by atoms with van der Waals surface area (Å²) in [4.78, 5) is 37.6. The van der Waals surface area contributed by atoms with E-state index >= 15 is 0 Å². The van der Waals surface area contributed by atoms with Gasteiger partial charge in [-0.1, -0.05) is 220 Å². The summed E-state index contributed by atoms with van der Waals surface area (Å²) in [6.45, 7) is 8.93. The molecule has 0 aromatic carbocycles. The van der Waals surface area contributed by atoms with E-state index in [1.54, 1.807) is 0 Å². The largest absolute Gasteiger partial charge is 0.462 e. The van der Waals surface area contributed by atoms with Crippen LogP contribution in [0.1, 0.15) is 259 Å². The van der Waals surface area contributed by atoms with Gasteiger partial charge in [0.05, 0.1) is 0 Å². The lowest BCUT2D eigenvalue weighted by Crippen LogP contribution is -2.30. The van der Waals surface area contributed by atoms with Gasteiger partial charge in [0.1, 0.15) is 13.2 Å². The Hall–Kier alpha value is -1.59. The van der Waals surface area contributed by atoms with E-state index in [1.165, 1.54) is 154 Å². The van der Waals surface area contributed by atoms with Crippen LogP contribution in [0, 0.1) is 5.92 Å². The first-order chi connectivity index (χ1) is 25.9. The number of hydrogen-bond acceptors (Lipinski definition) is 6. The van der Waals surface area contributed by atoms with E-state index < -0.39 is 6.10 Å². The van der Waals surface area contributed by atoms with Crippen LogP contribution in [0.5, 0.6) is 0 Å². The Morgan fingerprint density at radius 1 is 0.358 bits per heavy atom. The van der Waals surface area contributed by atoms with Crippen LogP contribution in [-0.4, -0.2) is 37.2 Å². The van der Waals surface area contributed by atoms with Crippen LogP contribution in [0.15, 0.2) is 0 Å². The van der Waals surface area contributed by atoms with Gasteiger partial charge in [0.2, 0.25) is 0 Å². The predicted octanol–water partition coefficient (Wildman–Crippen LogP) is 14.7. The molecule has 0 unspecified atom stereocenters. The summed E-state index contributed by atoms with van der Waals surface area (Å²) in [6, 6.07) is 0. The van der Waals surface area contributed by atoms with Gasteiger partial charge in [0.15, 0.2) is 6.10 Å². The molecule has 0 fully saturated rings. The minimum atomic E-state index is -0.758. The van der Waals surface area contributed by atoms with E-state index in [9.17, 15) is 14.4 Å². The molecule has 0 aliphatic rings. The fourth-order valence-corrected chi connectivity index (χ4v) is 6.98. The molecule has 6 nitrogen and oxygen atoms in total. The van der Waals surface area contributed by atoms with Crippen LogP contribution in [0.3, 0.4) is 0 Å². The summed E-state index contributed by atoms with van der Waals surface area (Å²) in [5.41, 5.74) is 0. The van der Waals surface area contributed by atoms with Crippen LogP contribution >= 0.6 is 0 Å². The van der Waals surface area contributed by atoms with Gasteiger partial charge in [-0.3, -0.25) is 14.4 Å². The van der Waals surface area contributed by atoms with Crippen LogP contribution in [0.2, 0.25) is 0 Å². The smallest absolute Gasteiger partial charge is 0.306 e. The summed E-state index contributed by atoms with van der Waals surface area (Å²) in [5.74, 6) is -0.0675. The monoisotopic (exact) mass is 751 g/mol. The molecule has 0 aromatic rings. The van der Waals surface area contributed by atoms with E-state index in [4.69, 9.17) is 14.2 Å². The second kappa shape index (κ2) is 41.6. The third-order valence-electron chi connectivity index (χ3n) is 10.5. The summed E-state index contributed by atoms with van der Waals surface area (Å²) in [5, 5.41) is 0. The van der Waals surface area contributed by atoms with Gasteiger partial charge in [0.25, 0.3) is 0 Å². The Morgan fingerprint density at radius 2 is 0.623 bits per heavy atom. The van der Waals surface area contributed by atoms with Gasteiger partial charge in [-0.15, -0.1) is 0 Å². The van der Waals surface area contributed by atoms with Gasteiger partial charge in [-0.05, 0) is 25.2 Å². The van der Waals surface area contributed by atoms with Crippen LogP contribution in [0.4, 0.5) is 0 Å². The highest BCUT2D eigenvalue weighted by Gasteiger charge is 2.19. The molecule has 0 saturated carbocycles. The number of esters is 3. The number of ether oxygens (including phenoxy) is 3. The quantitative estimate of drug-likeness (QED) is 0.0351. The standard InChI is InChI=1S/C47H90O6/c1-5-7-9-11-13-14-15-16-17-18-19-20-21-22-27-31-35-39-46(49)52-42-44(41-51-45(48)38-34-30-25-12-10-8-6-2)53-47(50)40-36-32-28-24-23-26-29-33-37-43(3)4/h43-44H,5-42H2,1-4H3/t44-/m1/s1. The van der Waals surface area contributed by atoms with E-state index in [0.29, 0.717) is 19.3 Å². The normalized spacial score (nSPS) is 11.9. The summed E-state index contributed by atoms with van der Waals surface area (Å²) >= 11 is 0. The Bertz CT molecular complexity index is 796. The van der Waals surface area contributed by atoms with Crippen LogP contribution < -0.4 is 0 Å². The highest BCUT2D eigenvalue weighted by atomic mass is 16.6. The zero-order chi connectivity index (χ0) is 38.9. The molecule has 0 rings (SSSR count). The maximum Gasteiger partial charge on any atom is 0.306 e. The van der Waals surface area contributed by atoms with E-state index in [0.717, 1.165) is 63.7 Å². The molecule has 0 saturated heterocycles. The molecule has 0 aliphatic heterocycles. The van der Waals surface area contributed by atoms with Crippen molar-refractivity contribution in [1.82, 2.24) is 0 Å². The van der Waals surface area contributed by atoms with E-state index in [1.807, 2.05) is 0 Å². The summed E-state index contributed by atoms with van der Waals surface area (Å²) in [7, 11) is 0. The second-order valence-electron chi connectivity index (χ2n) is 16.5. The fourth-order valence-electron chi connectivity index (χ4n) is 6.98. The molecular weight excluding hydrogens is 661 g/mol. The molecule has 6 heteroatoms. The van der Waals surface area contributed by atoms with Crippen LogP contribution in [0.25, 0.3) is 0 Å². The molecule has 0 N–H and O–H groups in total.